The van der Waals surface area contributed by atoms with E-state index in [4.69, 9.17) is 27.2 Å². The number of nitrogens with two attached hydrogens (primary N) is 1. The number of ether oxygens (including phenoxy) is 1. The lowest BCUT2D eigenvalue weighted by Gasteiger charge is -2.30. The van der Waals surface area contributed by atoms with E-state index >= 15 is 0 Å². The molecule has 5 rings (SSSR count). The lowest BCUT2D eigenvalue weighted by atomic mass is 9.99. The summed E-state index contributed by atoms with van der Waals surface area (Å²) in [5, 5.41) is 7.26. The van der Waals surface area contributed by atoms with Crippen molar-refractivity contribution < 1.29 is 22.7 Å². The van der Waals surface area contributed by atoms with Crippen molar-refractivity contribution in [2.75, 3.05) is 23.4 Å². The van der Waals surface area contributed by atoms with E-state index in [9.17, 15) is 18.0 Å². The van der Waals surface area contributed by atoms with Crippen LogP contribution in [-0.4, -0.2) is 29.0 Å². The topological polar surface area (TPSA) is 85.4 Å². The summed E-state index contributed by atoms with van der Waals surface area (Å²) >= 11 is 5.90. The average molecular weight is 598 g/mol. The fraction of sp³-hybridized carbons (Fsp3) is 0.290. The van der Waals surface area contributed by atoms with Gasteiger partial charge in [0.2, 0.25) is 0 Å². The summed E-state index contributed by atoms with van der Waals surface area (Å²) in [7, 11) is 0. The molecule has 1 aliphatic heterocycles. The van der Waals surface area contributed by atoms with Crippen LogP contribution in [0.3, 0.4) is 0 Å². The zero-order valence-electron chi connectivity index (χ0n) is 23.4. The summed E-state index contributed by atoms with van der Waals surface area (Å²) in [5.41, 5.74) is 10.5. The first-order valence-electron chi connectivity index (χ1n) is 13.5. The Morgan fingerprint density at radius 2 is 1.88 bits per heavy atom. The van der Waals surface area contributed by atoms with Crippen LogP contribution >= 0.6 is 11.6 Å². The fourth-order valence-electron chi connectivity index (χ4n) is 5.11. The number of carbonyl (C=O) groups is 1. The van der Waals surface area contributed by atoms with Crippen molar-refractivity contribution >= 4 is 29.0 Å². The minimum atomic E-state index is -4.57. The maximum Gasteiger partial charge on any atom is 0.417 e. The lowest BCUT2D eigenvalue weighted by molar-refractivity contribution is -0.137. The normalized spacial score (nSPS) is 13.3. The summed E-state index contributed by atoms with van der Waals surface area (Å²) in [6, 6.07) is 16.3. The molecule has 42 heavy (non-hydrogen) atoms. The number of aryl methyl sites for hydroxylation is 1. The Balaban J connectivity index is 1.64. The molecule has 0 atom stereocenters. The third kappa shape index (κ3) is 6.04. The molecule has 1 aromatic heterocycles. The molecule has 2 heterocycles. The first-order chi connectivity index (χ1) is 19.9. The standard InChI is InChI=1S/C31H31ClF3N5O2/c1-18(2)17-42-27-6-4-5-19(3)28(27)40-29(20-7-9-21(10-8-20)37-30(36)41)23-16-39(14-13-26(23)38-40)22-11-12-25(32)24(15-22)31(33,34)35/h4-12,15,18H,13-14,16-17H2,1-3H3,(H3,36,37,41). The number of benzene rings is 3. The van der Waals surface area contributed by atoms with Gasteiger partial charge < -0.3 is 20.7 Å². The van der Waals surface area contributed by atoms with E-state index in [1.807, 2.05) is 46.8 Å². The van der Waals surface area contributed by atoms with Gasteiger partial charge in [0.25, 0.3) is 0 Å². The van der Waals surface area contributed by atoms with E-state index in [0.717, 1.165) is 39.8 Å². The van der Waals surface area contributed by atoms with Crippen molar-refractivity contribution in [1.29, 1.82) is 0 Å². The quantitative estimate of drug-likeness (QED) is 0.230. The second kappa shape index (κ2) is 11.6. The van der Waals surface area contributed by atoms with Gasteiger partial charge in [0.05, 0.1) is 28.6 Å². The smallest absolute Gasteiger partial charge is 0.417 e. The predicted octanol–water partition coefficient (Wildman–Crippen LogP) is 7.61. The number of rotatable bonds is 7. The Morgan fingerprint density at radius 3 is 2.55 bits per heavy atom. The number of fused-ring (bicyclic) bond motifs is 1. The van der Waals surface area contributed by atoms with Gasteiger partial charge >= 0.3 is 12.2 Å². The Bertz CT molecular complexity index is 1620. The van der Waals surface area contributed by atoms with Crippen LogP contribution in [-0.2, 0) is 19.1 Å². The minimum Gasteiger partial charge on any atom is -0.491 e. The first-order valence-corrected chi connectivity index (χ1v) is 13.9. The number of urea groups is 1. The second-order valence-electron chi connectivity index (χ2n) is 10.7. The summed E-state index contributed by atoms with van der Waals surface area (Å²) in [6.45, 7) is 7.47. The Labute approximate surface area is 247 Å². The maximum absolute atomic E-state index is 13.6. The number of nitrogens with zero attached hydrogens (tertiary/aromatic N) is 3. The number of halogens is 4. The van der Waals surface area contributed by atoms with Gasteiger partial charge in [0.15, 0.2) is 0 Å². The Hall–Kier alpha value is -4.18. The number of nitrogens with one attached hydrogen (secondary N) is 1. The second-order valence-corrected chi connectivity index (χ2v) is 11.1. The number of para-hydroxylation sites is 1. The van der Waals surface area contributed by atoms with E-state index in [1.165, 1.54) is 6.07 Å². The molecule has 1 aliphatic rings. The molecule has 4 aromatic rings. The third-order valence-corrected chi connectivity index (χ3v) is 7.39. The molecule has 3 N–H and O–H groups in total. The highest BCUT2D eigenvalue weighted by atomic mass is 35.5. The van der Waals surface area contributed by atoms with Crippen molar-refractivity contribution in [2.24, 2.45) is 11.7 Å². The van der Waals surface area contributed by atoms with Crippen LogP contribution in [0, 0.1) is 12.8 Å². The highest BCUT2D eigenvalue weighted by Gasteiger charge is 2.35. The molecule has 7 nitrogen and oxygen atoms in total. The van der Waals surface area contributed by atoms with E-state index in [-0.39, 0.29) is 5.02 Å². The number of alkyl halides is 3. The predicted molar refractivity (Wildman–Crippen MR) is 158 cm³/mol. The van der Waals surface area contributed by atoms with Gasteiger partial charge in [-0.1, -0.05) is 49.7 Å². The molecule has 11 heteroatoms. The van der Waals surface area contributed by atoms with Crippen LogP contribution in [0.25, 0.3) is 16.9 Å². The molecule has 0 fully saturated rings. The molecule has 220 valence electrons. The van der Waals surface area contributed by atoms with Crippen molar-refractivity contribution in [3.63, 3.8) is 0 Å². The number of carbonyl (C=O) groups excluding carboxylic acids is 1. The van der Waals surface area contributed by atoms with Crippen LogP contribution in [0.15, 0.2) is 60.7 Å². The molecular weight excluding hydrogens is 567 g/mol. The molecule has 3 aromatic carbocycles. The van der Waals surface area contributed by atoms with Crippen molar-refractivity contribution in [2.45, 2.75) is 39.9 Å². The largest absolute Gasteiger partial charge is 0.491 e. The van der Waals surface area contributed by atoms with Gasteiger partial charge in [-0.15, -0.1) is 0 Å². The highest BCUT2D eigenvalue weighted by molar-refractivity contribution is 6.31. The minimum absolute atomic E-state index is 0.309. The van der Waals surface area contributed by atoms with Gasteiger partial charge in [-0.05, 0) is 54.8 Å². The molecule has 0 saturated carbocycles. The van der Waals surface area contributed by atoms with Gasteiger partial charge in [-0.2, -0.15) is 18.3 Å². The number of aromatic nitrogens is 2. The molecule has 0 bridgehead atoms. The summed E-state index contributed by atoms with van der Waals surface area (Å²) < 4.78 is 49.0. The van der Waals surface area contributed by atoms with Gasteiger partial charge in [0, 0.05) is 42.0 Å². The maximum atomic E-state index is 13.6. The number of hydrogen-bond donors (Lipinski definition) is 2. The monoisotopic (exact) mass is 597 g/mol. The average Bonchev–Trinajstić information content (AvgIpc) is 3.29. The molecule has 0 aliphatic carbocycles. The van der Waals surface area contributed by atoms with E-state index < -0.39 is 17.8 Å². The van der Waals surface area contributed by atoms with Crippen LogP contribution in [0.5, 0.6) is 5.75 Å². The Morgan fingerprint density at radius 1 is 1.14 bits per heavy atom. The van der Waals surface area contributed by atoms with E-state index in [1.54, 1.807) is 18.2 Å². The van der Waals surface area contributed by atoms with Crippen LogP contribution in [0.1, 0.15) is 36.2 Å². The number of anilines is 2. The van der Waals surface area contributed by atoms with Crippen LogP contribution < -0.4 is 20.7 Å². The van der Waals surface area contributed by atoms with Gasteiger partial charge in [-0.25, -0.2) is 9.48 Å². The highest BCUT2D eigenvalue weighted by Crippen LogP contribution is 2.40. The fourth-order valence-corrected chi connectivity index (χ4v) is 5.33. The first kappa shape index (κ1) is 29.3. The lowest BCUT2D eigenvalue weighted by Crippen LogP contribution is -2.30. The van der Waals surface area contributed by atoms with Crippen LogP contribution in [0.4, 0.5) is 29.3 Å². The third-order valence-electron chi connectivity index (χ3n) is 7.07. The zero-order chi connectivity index (χ0) is 30.2. The molecular formula is C31H31ClF3N5O2. The van der Waals surface area contributed by atoms with Crippen molar-refractivity contribution in [3.05, 3.63) is 88.1 Å². The number of hydrogen-bond acceptors (Lipinski definition) is 4. The molecule has 0 saturated heterocycles. The molecule has 0 unspecified atom stereocenters. The molecule has 0 radical (unpaired) electrons. The summed E-state index contributed by atoms with van der Waals surface area (Å²) in [5.74, 6) is 0.990. The zero-order valence-corrected chi connectivity index (χ0v) is 24.2. The van der Waals surface area contributed by atoms with Gasteiger partial charge in [0.1, 0.15) is 11.4 Å². The summed E-state index contributed by atoms with van der Waals surface area (Å²) in [6.07, 6.45) is -4.04. The number of amides is 2. The SMILES string of the molecule is Cc1cccc(OCC(C)C)c1-n1nc2c(c1-c1ccc(NC(N)=O)cc1)CN(c1ccc(Cl)c(C(F)(F)F)c1)CC2. The summed E-state index contributed by atoms with van der Waals surface area (Å²) in [4.78, 5) is 13.3. The van der Waals surface area contributed by atoms with Crippen molar-refractivity contribution in [3.8, 4) is 22.7 Å². The Kier molecular flexibility index (Phi) is 8.10. The number of primary amides is 1. The van der Waals surface area contributed by atoms with Crippen molar-refractivity contribution in [1.82, 2.24) is 9.78 Å². The van der Waals surface area contributed by atoms with E-state index in [2.05, 4.69) is 19.2 Å². The molecule has 0 spiro atoms. The van der Waals surface area contributed by atoms with Gasteiger partial charge in [-0.3, -0.25) is 0 Å². The van der Waals surface area contributed by atoms with E-state index in [0.29, 0.717) is 49.2 Å². The van der Waals surface area contributed by atoms with Crippen LogP contribution in [0.2, 0.25) is 5.02 Å². The molecule has 2 amide bonds.